The van der Waals surface area contributed by atoms with Crippen molar-refractivity contribution in [3.63, 3.8) is 0 Å². The van der Waals surface area contributed by atoms with E-state index in [0.29, 0.717) is 5.65 Å². The van der Waals surface area contributed by atoms with Gasteiger partial charge in [-0.05, 0) is 60.7 Å². The van der Waals surface area contributed by atoms with Crippen LogP contribution in [0.25, 0.3) is 60.8 Å². The summed E-state index contributed by atoms with van der Waals surface area (Å²) in [6.45, 7) is 0. The molecular formula is C32H20N4O. The molecule has 0 unspecified atom stereocenters. The molecule has 0 atom stereocenters. The first kappa shape index (κ1) is 20.1. The first-order valence-corrected chi connectivity index (χ1v) is 12.3. The van der Waals surface area contributed by atoms with Gasteiger partial charge in [0.2, 0.25) is 0 Å². The molecule has 5 heteroatoms. The maximum absolute atomic E-state index is 14.1. The molecule has 3 heterocycles. The Balaban J connectivity index is 1.51. The van der Waals surface area contributed by atoms with Crippen molar-refractivity contribution in [2.45, 2.75) is 0 Å². The summed E-state index contributed by atoms with van der Waals surface area (Å²) in [6.07, 6.45) is 0. The fourth-order valence-corrected chi connectivity index (χ4v) is 5.67. The van der Waals surface area contributed by atoms with Crippen LogP contribution in [-0.4, -0.2) is 18.5 Å². The molecule has 8 aromatic rings. The zero-order chi connectivity index (χ0) is 24.5. The van der Waals surface area contributed by atoms with Crippen molar-refractivity contribution in [3.05, 3.63) is 132 Å². The molecule has 3 aromatic heterocycles. The Kier molecular flexibility index (Phi) is 4.03. The lowest BCUT2D eigenvalue weighted by Crippen LogP contribution is -2.25. The maximum Gasteiger partial charge on any atom is 0.339 e. The Morgan fingerprint density at radius 2 is 1.11 bits per heavy atom. The molecule has 0 bridgehead atoms. The Hall–Kier alpha value is -5.16. The molecule has 0 fully saturated rings. The van der Waals surface area contributed by atoms with E-state index in [-0.39, 0.29) is 5.69 Å². The van der Waals surface area contributed by atoms with Gasteiger partial charge in [-0.3, -0.25) is 4.57 Å². The molecule has 0 amide bonds. The summed E-state index contributed by atoms with van der Waals surface area (Å²) >= 11 is 0. The number of rotatable bonds is 2. The Morgan fingerprint density at radius 1 is 0.486 bits per heavy atom. The van der Waals surface area contributed by atoms with Gasteiger partial charge in [-0.2, -0.15) is 0 Å². The van der Waals surface area contributed by atoms with Crippen LogP contribution in [0.1, 0.15) is 0 Å². The summed E-state index contributed by atoms with van der Waals surface area (Å²) in [5.74, 6) is 0. The third kappa shape index (κ3) is 2.74. The summed E-state index contributed by atoms with van der Waals surface area (Å²) < 4.78 is 5.82. The summed E-state index contributed by atoms with van der Waals surface area (Å²) in [7, 11) is 0. The van der Waals surface area contributed by atoms with Gasteiger partial charge in [-0.1, -0.05) is 60.7 Å². The highest BCUT2D eigenvalue weighted by Crippen LogP contribution is 2.34. The zero-order valence-corrected chi connectivity index (χ0v) is 19.7. The highest BCUT2D eigenvalue weighted by atomic mass is 16.1. The van der Waals surface area contributed by atoms with Crippen LogP contribution in [-0.2, 0) is 0 Å². The molecule has 0 aliphatic rings. The molecule has 8 rings (SSSR count). The summed E-state index contributed by atoms with van der Waals surface area (Å²) in [4.78, 5) is 18.9. The molecular weight excluding hydrogens is 456 g/mol. The molecule has 0 saturated heterocycles. The van der Waals surface area contributed by atoms with Gasteiger partial charge in [0.15, 0.2) is 5.65 Å². The normalized spacial score (nSPS) is 11.9. The van der Waals surface area contributed by atoms with E-state index in [1.165, 1.54) is 0 Å². The first-order valence-electron chi connectivity index (χ1n) is 12.3. The van der Waals surface area contributed by atoms with Crippen LogP contribution in [0.2, 0.25) is 0 Å². The SMILES string of the molecule is O=c1n(-c2ccc3c(c2)c2ccccc2n3-c2ccccc2)c2ccccc2c2nc3ccccc3n12. The van der Waals surface area contributed by atoms with Crippen LogP contribution in [0.4, 0.5) is 0 Å². The summed E-state index contributed by atoms with van der Waals surface area (Å²) in [5, 5.41) is 3.18. The third-order valence-electron chi connectivity index (χ3n) is 7.26. The second-order valence-corrected chi connectivity index (χ2v) is 9.28. The monoisotopic (exact) mass is 476 g/mol. The van der Waals surface area contributed by atoms with Gasteiger partial charge in [-0.15, -0.1) is 0 Å². The largest absolute Gasteiger partial charge is 0.339 e. The van der Waals surface area contributed by atoms with Crippen LogP contribution in [0.15, 0.2) is 126 Å². The Bertz CT molecular complexity index is 2220. The summed E-state index contributed by atoms with van der Waals surface area (Å²) in [5.41, 5.74) is 7.17. The maximum atomic E-state index is 14.1. The number of para-hydroxylation sites is 5. The predicted molar refractivity (Wildman–Crippen MR) is 150 cm³/mol. The second kappa shape index (κ2) is 7.42. The minimum absolute atomic E-state index is 0.131. The van der Waals surface area contributed by atoms with Crippen molar-refractivity contribution in [3.8, 4) is 11.4 Å². The quantitative estimate of drug-likeness (QED) is 0.273. The van der Waals surface area contributed by atoms with Crippen LogP contribution in [0.3, 0.4) is 0 Å². The lowest BCUT2D eigenvalue weighted by atomic mass is 10.1. The van der Waals surface area contributed by atoms with Crippen molar-refractivity contribution in [2.75, 3.05) is 0 Å². The number of hydrogen-bond donors (Lipinski definition) is 0. The average molecular weight is 477 g/mol. The number of benzene rings is 5. The Morgan fingerprint density at radius 3 is 1.92 bits per heavy atom. The van der Waals surface area contributed by atoms with Crippen LogP contribution >= 0.6 is 0 Å². The molecule has 0 radical (unpaired) electrons. The van der Waals surface area contributed by atoms with E-state index in [9.17, 15) is 4.79 Å². The Labute approximate surface area is 211 Å². The standard InChI is InChI=1S/C32H20N4O/c37-32-35(28-16-8-5-13-24(28)31-33-26-14-6-9-17-30(26)36(31)32)22-18-19-29-25(20-22)23-12-4-7-15-27(23)34(29)21-10-2-1-3-11-21/h1-20H. The lowest BCUT2D eigenvalue weighted by molar-refractivity contribution is 0.933. The number of nitrogens with zero attached hydrogens (tertiary/aromatic N) is 4. The highest BCUT2D eigenvalue weighted by molar-refractivity contribution is 6.10. The minimum atomic E-state index is -0.131. The van der Waals surface area contributed by atoms with E-state index in [1.54, 1.807) is 4.40 Å². The molecule has 174 valence electrons. The lowest BCUT2D eigenvalue weighted by Gasteiger charge is -2.13. The molecule has 0 saturated carbocycles. The van der Waals surface area contributed by atoms with Crippen molar-refractivity contribution in [1.82, 2.24) is 18.5 Å². The van der Waals surface area contributed by atoms with Gasteiger partial charge in [0.05, 0.1) is 33.3 Å². The first-order chi connectivity index (χ1) is 18.3. The van der Waals surface area contributed by atoms with Gasteiger partial charge >= 0.3 is 5.69 Å². The molecule has 37 heavy (non-hydrogen) atoms. The second-order valence-electron chi connectivity index (χ2n) is 9.28. The number of aromatic nitrogens is 4. The third-order valence-corrected chi connectivity index (χ3v) is 7.26. The molecule has 0 spiro atoms. The number of imidazole rings is 1. The van der Waals surface area contributed by atoms with Crippen LogP contribution in [0.5, 0.6) is 0 Å². The fraction of sp³-hybridized carbons (Fsp3) is 0. The van der Waals surface area contributed by atoms with Gasteiger partial charge in [0.1, 0.15) is 0 Å². The smallest absolute Gasteiger partial charge is 0.309 e. The molecule has 5 aromatic carbocycles. The van der Waals surface area contributed by atoms with E-state index in [1.807, 2.05) is 65.2 Å². The fourth-order valence-electron chi connectivity index (χ4n) is 5.67. The molecule has 0 aliphatic heterocycles. The van der Waals surface area contributed by atoms with E-state index < -0.39 is 0 Å². The van der Waals surface area contributed by atoms with E-state index in [0.717, 1.165) is 55.1 Å². The van der Waals surface area contributed by atoms with Crippen LogP contribution < -0.4 is 5.69 Å². The van der Waals surface area contributed by atoms with Crippen molar-refractivity contribution >= 4 is 49.4 Å². The van der Waals surface area contributed by atoms with Crippen molar-refractivity contribution in [2.24, 2.45) is 0 Å². The van der Waals surface area contributed by atoms with Gasteiger partial charge in [-0.25, -0.2) is 14.2 Å². The minimum Gasteiger partial charge on any atom is -0.309 e. The van der Waals surface area contributed by atoms with Gasteiger partial charge < -0.3 is 4.57 Å². The molecule has 5 nitrogen and oxygen atoms in total. The van der Waals surface area contributed by atoms with Gasteiger partial charge in [0, 0.05) is 21.8 Å². The average Bonchev–Trinajstić information content (AvgIpc) is 3.50. The van der Waals surface area contributed by atoms with Crippen molar-refractivity contribution in [1.29, 1.82) is 0 Å². The predicted octanol–water partition coefficient (Wildman–Crippen LogP) is 6.89. The summed E-state index contributed by atoms with van der Waals surface area (Å²) in [6, 6.07) is 40.9. The van der Waals surface area contributed by atoms with E-state index in [2.05, 4.69) is 65.2 Å². The topological polar surface area (TPSA) is 44.2 Å². The zero-order valence-electron chi connectivity index (χ0n) is 19.7. The van der Waals surface area contributed by atoms with Gasteiger partial charge in [0.25, 0.3) is 0 Å². The van der Waals surface area contributed by atoms with E-state index >= 15 is 0 Å². The molecule has 0 N–H and O–H groups in total. The van der Waals surface area contributed by atoms with Crippen molar-refractivity contribution < 1.29 is 0 Å². The number of fused-ring (bicyclic) bond motifs is 8. The number of hydrogen-bond acceptors (Lipinski definition) is 2. The highest BCUT2D eigenvalue weighted by Gasteiger charge is 2.18. The van der Waals surface area contributed by atoms with Crippen LogP contribution in [0, 0.1) is 0 Å². The molecule has 0 aliphatic carbocycles. The van der Waals surface area contributed by atoms with E-state index in [4.69, 9.17) is 4.98 Å².